The van der Waals surface area contributed by atoms with Crippen LogP contribution in [0.3, 0.4) is 0 Å². The number of carbonyl (C=O) groups excluding carboxylic acids is 1. The highest BCUT2D eigenvalue weighted by Gasteiger charge is 2.39. The number of amides is 1. The van der Waals surface area contributed by atoms with Crippen LogP contribution in [0.1, 0.15) is 31.4 Å². The molecule has 0 spiro atoms. The first-order chi connectivity index (χ1) is 24.0. The summed E-state index contributed by atoms with van der Waals surface area (Å²) in [6.07, 6.45) is -8.42. The quantitative estimate of drug-likeness (QED) is 0.0806. The molecule has 0 saturated heterocycles. The van der Waals surface area contributed by atoms with E-state index in [1.807, 2.05) is 32.0 Å². The van der Waals surface area contributed by atoms with Gasteiger partial charge in [-0.25, -0.2) is 9.59 Å². The number of hydrogen-bond donors (Lipinski definition) is 7. The van der Waals surface area contributed by atoms with Crippen molar-refractivity contribution in [2.75, 3.05) is 45.9 Å². The summed E-state index contributed by atoms with van der Waals surface area (Å²) in [5, 5.41) is 41.7. The number of alkyl halides is 6. The average Bonchev–Trinajstić information content (AvgIpc) is 3.45. The van der Waals surface area contributed by atoms with E-state index in [1.54, 1.807) is 17.0 Å². The number of rotatable bonds is 15. The molecule has 12 nitrogen and oxygen atoms in total. The lowest BCUT2D eigenvalue weighted by atomic mass is 9.94. The van der Waals surface area contributed by atoms with Gasteiger partial charge in [0.2, 0.25) is 5.91 Å². The maximum absolute atomic E-state index is 13.0. The normalized spacial score (nSPS) is 11.7. The lowest BCUT2D eigenvalue weighted by Crippen LogP contribution is -2.44. The number of aliphatic hydroxyl groups excluding tert-OH is 1. The first-order valence-electron chi connectivity index (χ1n) is 15.2. The predicted octanol–water partition coefficient (Wildman–Crippen LogP) is 5.07. The lowest BCUT2D eigenvalue weighted by Gasteiger charge is -2.31. The highest BCUT2D eigenvalue weighted by molar-refractivity contribution is 7.16. The van der Waals surface area contributed by atoms with Gasteiger partial charge in [-0.3, -0.25) is 9.59 Å². The fourth-order valence-corrected chi connectivity index (χ4v) is 5.45. The lowest BCUT2D eigenvalue weighted by molar-refractivity contribution is -0.193. The summed E-state index contributed by atoms with van der Waals surface area (Å²) >= 11 is 13.4. The van der Waals surface area contributed by atoms with Crippen LogP contribution in [0.15, 0.2) is 35.1 Å². The van der Waals surface area contributed by atoms with Gasteiger partial charge in [0.25, 0.3) is 0 Å². The first kappa shape index (κ1) is 46.4. The summed E-state index contributed by atoms with van der Waals surface area (Å²) in [5.41, 5.74) is 2.02. The zero-order valence-electron chi connectivity index (χ0n) is 27.8. The summed E-state index contributed by atoms with van der Waals surface area (Å²) in [6.45, 7) is 7.30. The van der Waals surface area contributed by atoms with Gasteiger partial charge < -0.3 is 40.9 Å². The molecule has 7 N–H and O–H groups in total. The van der Waals surface area contributed by atoms with Gasteiger partial charge in [0.15, 0.2) is 0 Å². The van der Waals surface area contributed by atoms with E-state index in [2.05, 4.69) is 15.6 Å². The Bertz CT molecular complexity index is 1660. The molecule has 0 saturated carbocycles. The zero-order valence-corrected chi connectivity index (χ0v) is 30.1. The molecule has 0 aliphatic carbocycles. The highest BCUT2D eigenvalue weighted by Crippen LogP contribution is 2.28. The van der Waals surface area contributed by atoms with E-state index in [-0.39, 0.29) is 23.1 Å². The van der Waals surface area contributed by atoms with Crippen molar-refractivity contribution in [1.29, 1.82) is 0 Å². The van der Waals surface area contributed by atoms with Crippen LogP contribution in [0.4, 0.5) is 26.3 Å². The number of benzene rings is 2. The number of halogens is 8. The van der Waals surface area contributed by atoms with Gasteiger partial charge in [-0.15, -0.1) is 0 Å². The Morgan fingerprint density at radius 1 is 0.865 bits per heavy atom. The average molecular weight is 812 g/mol. The molecule has 21 heteroatoms. The predicted molar refractivity (Wildman–Crippen MR) is 183 cm³/mol. The van der Waals surface area contributed by atoms with Crippen molar-refractivity contribution in [3.05, 3.63) is 61.2 Å². The van der Waals surface area contributed by atoms with Crippen LogP contribution in [-0.2, 0) is 27.2 Å². The minimum Gasteiger partial charge on any atom is -0.506 e. The number of carbonyl (C=O) groups is 3. The number of phenols is 1. The van der Waals surface area contributed by atoms with Crippen molar-refractivity contribution in [2.45, 2.75) is 45.5 Å². The molecule has 0 fully saturated rings. The van der Waals surface area contributed by atoms with E-state index in [0.717, 1.165) is 27.2 Å². The number of nitrogens with one attached hydrogen (secondary N) is 3. The molecule has 0 atom stereocenters. The van der Waals surface area contributed by atoms with Crippen molar-refractivity contribution in [2.24, 2.45) is 5.41 Å². The number of aromatic amines is 1. The summed E-state index contributed by atoms with van der Waals surface area (Å²) in [4.78, 5) is 46.8. The molecule has 0 bridgehead atoms. The summed E-state index contributed by atoms with van der Waals surface area (Å²) in [7, 11) is 0. The molecule has 1 heterocycles. The molecule has 3 rings (SSSR count). The molecule has 1 amide bonds. The van der Waals surface area contributed by atoms with Crippen LogP contribution < -0.4 is 15.5 Å². The number of aromatic nitrogens is 1. The molecular formula is C31H38Cl2F6N4O8S. The molecule has 0 unspecified atom stereocenters. The number of carboxylic acids is 2. The third-order valence-corrected chi connectivity index (χ3v) is 8.59. The maximum Gasteiger partial charge on any atom is 0.490 e. The molecule has 292 valence electrons. The number of thiazole rings is 1. The second-order valence-corrected chi connectivity index (χ2v) is 13.4. The molecule has 0 radical (unpaired) electrons. The largest absolute Gasteiger partial charge is 0.506 e. The van der Waals surface area contributed by atoms with Crippen molar-refractivity contribution in [3.63, 3.8) is 0 Å². The molecule has 0 aliphatic heterocycles. The number of aliphatic hydroxyl groups is 1. The second-order valence-electron chi connectivity index (χ2n) is 11.7. The number of aliphatic carboxylic acids is 2. The summed E-state index contributed by atoms with van der Waals surface area (Å²) in [5.74, 6) is -5.42. The molecule has 2 aromatic carbocycles. The smallest absolute Gasteiger partial charge is 0.490 e. The second kappa shape index (κ2) is 21.2. The minimum atomic E-state index is -5.08. The van der Waals surface area contributed by atoms with Gasteiger partial charge in [0, 0.05) is 44.6 Å². The van der Waals surface area contributed by atoms with Crippen molar-refractivity contribution in [1.82, 2.24) is 20.5 Å². The summed E-state index contributed by atoms with van der Waals surface area (Å²) in [6, 6.07) is 8.99. The van der Waals surface area contributed by atoms with Crippen LogP contribution in [0.2, 0.25) is 10.0 Å². The van der Waals surface area contributed by atoms with Gasteiger partial charge in [-0.2, -0.15) is 26.3 Å². The van der Waals surface area contributed by atoms with Crippen molar-refractivity contribution >= 4 is 62.6 Å². The van der Waals surface area contributed by atoms with Crippen molar-refractivity contribution in [3.8, 4) is 5.75 Å². The Morgan fingerprint density at radius 3 is 1.94 bits per heavy atom. The minimum absolute atomic E-state index is 0.0146. The maximum atomic E-state index is 13.0. The number of nitrogens with zero attached hydrogens (tertiary/aromatic N) is 1. The van der Waals surface area contributed by atoms with E-state index < -0.39 is 29.7 Å². The topological polar surface area (TPSA) is 192 Å². The van der Waals surface area contributed by atoms with E-state index in [4.69, 9.17) is 43.0 Å². The Balaban J connectivity index is 0.000000812. The SMILES string of the molecule is CC(C)(CO)CN(CCNCCc1ccc(O)c2[nH]c(=O)sc12)C(=O)CCNCCc1cccc(Cl)c1Cl.O=C(O)C(F)(F)F.O=C(O)C(F)(F)F. The number of aromatic hydroxyl groups is 1. The molecular weight excluding hydrogens is 773 g/mol. The zero-order chi connectivity index (χ0) is 39.9. The number of phenolic OH excluding ortho intramolecular Hbond substituents is 1. The van der Waals surface area contributed by atoms with Crippen LogP contribution in [0.5, 0.6) is 5.75 Å². The number of hydrogen-bond acceptors (Lipinski definition) is 9. The van der Waals surface area contributed by atoms with Gasteiger partial charge >= 0.3 is 29.2 Å². The third-order valence-electron chi connectivity index (χ3n) is 6.77. The fourth-order valence-electron chi connectivity index (χ4n) is 4.13. The van der Waals surface area contributed by atoms with Crippen molar-refractivity contribution < 1.29 is 61.2 Å². The van der Waals surface area contributed by atoms with Crippen LogP contribution in [-0.4, -0.2) is 106 Å². The molecule has 1 aromatic heterocycles. The van der Waals surface area contributed by atoms with E-state index in [9.17, 15) is 46.1 Å². The van der Waals surface area contributed by atoms with Gasteiger partial charge in [0.05, 0.1) is 14.7 Å². The van der Waals surface area contributed by atoms with Gasteiger partial charge in [-0.05, 0) is 49.2 Å². The third kappa shape index (κ3) is 16.8. The van der Waals surface area contributed by atoms with Gasteiger partial charge in [-0.1, -0.05) is 66.6 Å². The van der Waals surface area contributed by atoms with Crippen LogP contribution >= 0.6 is 34.5 Å². The molecule has 52 heavy (non-hydrogen) atoms. The van der Waals surface area contributed by atoms with E-state index in [1.165, 1.54) is 0 Å². The standard InChI is InChI=1S/C27H36Cl2N4O4S.2C2HF3O2/c1-27(2,17-34)16-33(22(36)10-13-30-11-8-18-4-3-5-20(28)23(18)29)15-14-31-12-9-19-6-7-21(35)24-25(19)38-26(37)32-24;2*3-2(4,5)1(6)7/h3-7,30-31,34-35H,8-17H2,1-2H3,(H,32,37);2*(H,6,7). The van der Waals surface area contributed by atoms with Gasteiger partial charge in [0.1, 0.15) is 11.3 Å². The van der Waals surface area contributed by atoms with E-state index in [0.29, 0.717) is 74.1 Å². The number of H-pyrrole nitrogens is 1. The Hall–Kier alpha value is -3.62. The number of carboxylic acid groups (broad SMARTS) is 2. The Kier molecular flexibility index (Phi) is 18.9. The molecule has 0 aliphatic rings. The Morgan fingerprint density at radius 2 is 1.40 bits per heavy atom. The first-order valence-corrected chi connectivity index (χ1v) is 16.7. The fraction of sp³-hybridized carbons (Fsp3) is 0.484. The molecule has 3 aromatic rings. The van der Waals surface area contributed by atoms with E-state index >= 15 is 0 Å². The highest BCUT2D eigenvalue weighted by atomic mass is 35.5. The Labute approximate surface area is 307 Å². The number of fused-ring (bicyclic) bond motifs is 1. The monoisotopic (exact) mass is 810 g/mol. The summed E-state index contributed by atoms with van der Waals surface area (Å²) < 4.78 is 64.2. The van der Waals surface area contributed by atoms with Crippen LogP contribution in [0.25, 0.3) is 10.2 Å². The van der Waals surface area contributed by atoms with Crippen LogP contribution in [0, 0.1) is 5.41 Å².